The number of carbonyl (C=O) groups excluding carboxylic acids is 1. The van der Waals surface area contributed by atoms with E-state index in [0.717, 1.165) is 11.3 Å². The molecule has 0 spiro atoms. The molecule has 0 aliphatic carbocycles. The number of fused-ring (bicyclic) bond motifs is 1. The van der Waals surface area contributed by atoms with Crippen LogP contribution in [-0.2, 0) is 6.54 Å². The second-order valence-corrected chi connectivity index (χ2v) is 5.38. The highest BCUT2D eigenvalue weighted by atomic mass is 35.5. The van der Waals surface area contributed by atoms with Crippen LogP contribution in [0.3, 0.4) is 0 Å². The van der Waals surface area contributed by atoms with Crippen molar-refractivity contribution in [2.45, 2.75) is 13.5 Å². The molecule has 5 heteroatoms. The summed E-state index contributed by atoms with van der Waals surface area (Å²) in [6, 6.07) is 13.0. The topological polar surface area (TPSA) is 37.6 Å². The van der Waals surface area contributed by atoms with Gasteiger partial charge in [0.15, 0.2) is 0 Å². The van der Waals surface area contributed by atoms with Gasteiger partial charge in [-0.05, 0) is 31.2 Å². The minimum Gasteiger partial charge on any atom is -0.333 e. The number of benzene rings is 1. The monoisotopic (exact) mass is 313 g/mol. The Hall–Kier alpha value is -2.33. The van der Waals surface area contributed by atoms with E-state index in [4.69, 9.17) is 11.6 Å². The van der Waals surface area contributed by atoms with Crippen molar-refractivity contribution in [3.05, 3.63) is 71.1 Å². The van der Waals surface area contributed by atoms with Gasteiger partial charge >= 0.3 is 0 Å². The SMILES string of the molecule is CCN(Cc1cnc2ccccn12)C(=O)c1ccccc1Cl. The maximum Gasteiger partial charge on any atom is 0.255 e. The second kappa shape index (κ2) is 6.20. The van der Waals surface area contributed by atoms with Gasteiger partial charge in [-0.2, -0.15) is 0 Å². The molecule has 3 rings (SSSR count). The summed E-state index contributed by atoms with van der Waals surface area (Å²) in [4.78, 5) is 18.8. The standard InChI is InChI=1S/C17H16ClN3O/c1-2-20(17(22)14-7-3-4-8-15(14)18)12-13-11-19-16-9-5-6-10-21(13)16/h3-11H,2,12H2,1H3. The van der Waals surface area contributed by atoms with Gasteiger partial charge in [0.05, 0.1) is 29.0 Å². The normalized spacial score (nSPS) is 10.8. The molecule has 2 aromatic heterocycles. The van der Waals surface area contributed by atoms with E-state index < -0.39 is 0 Å². The predicted molar refractivity (Wildman–Crippen MR) is 87.1 cm³/mol. The summed E-state index contributed by atoms with van der Waals surface area (Å²) < 4.78 is 1.99. The number of hydrogen-bond acceptors (Lipinski definition) is 2. The Morgan fingerprint density at radius 3 is 2.77 bits per heavy atom. The quantitative estimate of drug-likeness (QED) is 0.737. The molecule has 1 aromatic carbocycles. The Kier molecular flexibility index (Phi) is 4.11. The Balaban J connectivity index is 1.89. The molecular weight excluding hydrogens is 298 g/mol. The Bertz CT molecular complexity index is 812. The fraction of sp³-hybridized carbons (Fsp3) is 0.176. The van der Waals surface area contributed by atoms with Crippen LogP contribution in [0.4, 0.5) is 0 Å². The van der Waals surface area contributed by atoms with Crippen molar-refractivity contribution in [2.75, 3.05) is 6.54 Å². The Morgan fingerprint density at radius 2 is 2.00 bits per heavy atom. The largest absolute Gasteiger partial charge is 0.333 e. The summed E-state index contributed by atoms with van der Waals surface area (Å²) in [5, 5.41) is 0.476. The first kappa shape index (κ1) is 14.6. The van der Waals surface area contributed by atoms with E-state index in [0.29, 0.717) is 23.7 Å². The summed E-state index contributed by atoms with van der Waals surface area (Å²) in [5.74, 6) is -0.0704. The third-order valence-electron chi connectivity index (χ3n) is 3.62. The van der Waals surface area contributed by atoms with Crippen LogP contribution in [0.2, 0.25) is 5.02 Å². The smallest absolute Gasteiger partial charge is 0.255 e. The van der Waals surface area contributed by atoms with Crippen molar-refractivity contribution in [3.8, 4) is 0 Å². The zero-order chi connectivity index (χ0) is 15.5. The number of carbonyl (C=O) groups is 1. The summed E-state index contributed by atoms with van der Waals surface area (Å²) in [6.07, 6.45) is 3.75. The first-order valence-electron chi connectivity index (χ1n) is 7.15. The van der Waals surface area contributed by atoms with E-state index in [1.807, 2.05) is 47.9 Å². The van der Waals surface area contributed by atoms with Gasteiger partial charge in [0.1, 0.15) is 5.65 Å². The van der Waals surface area contributed by atoms with Crippen LogP contribution in [0.5, 0.6) is 0 Å². The number of rotatable bonds is 4. The second-order valence-electron chi connectivity index (χ2n) is 4.98. The lowest BCUT2D eigenvalue weighted by molar-refractivity contribution is 0.0750. The molecule has 0 aliphatic rings. The number of aromatic nitrogens is 2. The summed E-state index contributed by atoms with van der Waals surface area (Å²) in [6.45, 7) is 3.05. The first-order valence-corrected chi connectivity index (χ1v) is 7.53. The number of amides is 1. The molecule has 0 N–H and O–H groups in total. The van der Waals surface area contributed by atoms with E-state index in [9.17, 15) is 4.79 Å². The lowest BCUT2D eigenvalue weighted by Crippen LogP contribution is -2.31. The highest BCUT2D eigenvalue weighted by Crippen LogP contribution is 2.18. The van der Waals surface area contributed by atoms with Crippen molar-refractivity contribution in [1.82, 2.24) is 14.3 Å². The van der Waals surface area contributed by atoms with Gasteiger partial charge in [-0.25, -0.2) is 4.98 Å². The maximum absolute atomic E-state index is 12.7. The highest BCUT2D eigenvalue weighted by molar-refractivity contribution is 6.33. The molecule has 22 heavy (non-hydrogen) atoms. The summed E-state index contributed by atoms with van der Waals surface area (Å²) >= 11 is 6.13. The van der Waals surface area contributed by atoms with E-state index >= 15 is 0 Å². The molecule has 112 valence electrons. The van der Waals surface area contributed by atoms with Gasteiger partial charge in [0, 0.05) is 12.7 Å². The molecule has 0 aliphatic heterocycles. The summed E-state index contributed by atoms with van der Waals surface area (Å²) in [7, 11) is 0. The van der Waals surface area contributed by atoms with Crippen LogP contribution in [0.15, 0.2) is 54.9 Å². The van der Waals surface area contributed by atoms with Crippen LogP contribution in [0.1, 0.15) is 23.0 Å². The van der Waals surface area contributed by atoms with Gasteiger partial charge < -0.3 is 9.30 Å². The van der Waals surface area contributed by atoms with Crippen molar-refractivity contribution in [3.63, 3.8) is 0 Å². The lowest BCUT2D eigenvalue weighted by Gasteiger charge is -2.21. The number of imidazole rings is 1. The lowest BCUT2D eigenvalue weighted by atomic mass is 10.2. The average molecular weight is 314 g/mol. The van der Waals surface area contributed by atoms with Gasteiger partial charge in [0.2, 0.25) is 0 Å². The average Bonchev–Trinajstić information content (AvgIpc) is 2.95. The molecule has 2 heterocycles. The zero-order valence-corrected chi connectivity index (χ0v) is 13.0. The number of hydrogen-bond donors (Lipinski definition) is 0. The minimum absolute atomic E-state index is 0.0704. The third-order valence-corrected chi connectivity index (χ3v) is 3.95. The van der Waals surface area contributed by atoms with E-state index in [-0.39, 0.29) is 5.91 Å². The highest BCUT2D eigenvalue weighted by Gasteiger charge is 2.18. The molecule has 0 fully saturated rings. The van der Waals surface area contributed by atoms with Crippen molar-refractivity contribution < 1.29 is 4.79 Å². The molecule has 4 nitrogen and oxygen atoms in total. The number of pyridine rings is 1. The Morgan fingerprint density at radius 1 is 1.23 bits per heavy atom. The van der Waals surface area contributed by atoms with Crippen LogP contribution in [-0.4, -0.2) is 26.7 Å². The third kappa shape index (κ3) is 2.70. The van der Waals surface area contributed by atoms with Crippen LogP contribution in [0, 0.1) is 0 Å². The van der Waals surface area contributed by atoms with Crippen molar-refractivity contribution in [2.24, 2.45) is 0 Å². The van der Waals surface area contributed by atoms with Gasteiger partial charge in [-0.1, -0.05) is 29.8 Å². The Labute approximate surface area is 134 Å². The van der Waals surface area contributed by atoms with Crippen LogP contribution < -0.4 is 0 Å². The number of halogens is 1. The van der Waals surface area contributed by atoms with Gasteiger partial charge in [-0.3, -0.25) is 4.79 Å². The molecule has 0 bridgehead atoms. The fourth-order valence-corrected chi connectivity index (χ4v) is 2.65. The van der Waals surface area contributed by atoms with E-state index in [1.165, 1.54) is 0 Å². The molecule has 0 unspecified atom stereocenters. The maximum atomic E-state index is 12.7. The van der Waals surface area contributed by atoms with E-state index in [1.54, 1.807) is 23.2 Å². The van der Waals surface area contributed by atoms with Crippen molar-refractivity contribution in [1.29, 1.82) is 0 Å². The van der Waals surface area contributed by atoms with Gasteiger partial charge in [0.25, 0.3) is 5.91 Å². The molecule has 1 amide bonds. The zero-order valence-electron chi connectivity index (χ0n) is 12.2. The number of nitrogens with zero attached hydrogens (tertiary/aromatic N) is 3. The van der Waals surface area contributed by atoms with Crippen molar-refractivity contribution >= 4 is 23.2 Å². The summed E-state index contributed by atoms with van der Waals surface area (Å²) in [5.41, 5.74) is 2.37. The molecule has 3 aromatic rings. The molecule has 0 saturated heterocycles. The van der Waals surface area contributed by atoms with Crippen LogP contribution in [0.25, 0.3) is 5.65 Å². The molecule has 0 saturated carbocycles. The molecule has 0 radical (unpaired) electrons. The van der Waals surface area contributed by atoms with Gasteiger partial charge in [-0.15, -0.1) is 0 Å². The molecule has 0 atom stereocenters. The molecular formula is C17H16ClN3O. The van der Waals surface area contributed by atoms with Crippen LogP contribution >= 0.6 is 11.6 Å². The minimum atomic E-state index is -0.0704. The fourth-order valence-electron chi connectivity index (χ4n) is 2.43. The predicted octanol–water partition coefficient (Wildman–Crippen LogP) is 3.65. The van der Waals surface area contributed by atoms with E-state index in [2.05, 4.69) is 4.98 Å². The first-order chi connectivity index (χ1) is 10.7.